The highest BCUT2D eigenvalue weighted by Gasteiger charge is 2.25. The first-order valence-corrected chi connectivity index (χ1v) is 9.82. The molecule has 0 bridgehead atoms. The summed E-state index contributed by atoms with van der Waals surface area (Å²) >= 11 is 5.99. The molecule has 3 aromatic rings. The maximum atomic E-state index is 13.2. The standard InChI is InChI=1S/C22H23ClN4O/c1-16-4-3-5-20(14-16)25-10-12-26(13-11-25)22(28)21-15-17(2)24-27(21)19-8-6-18(23)7-9-19/h3-9,14-15H,10-13H2,1-2H3. The van der Waals surface area contributed by atoms with E-state index in [4.69, 9.17) is 11.6 Å². The first kappa shape index (κ1) is 18.6. The maximum absolute atomic E-state index is 13.2. The largest absolute Gasteiger partial charge is 0.368 e. The van der Waals surface area contributed by atoms with Gasteiger partial charge in [-0.25, -0.2) is 4.68 Å². The highest BCUT2D eigenvalue weighted by molar-refractivity contribution is 6.30. The van der Waals surface area contributed by atoms with Gasteiger partial charge in [-0.3, -0.25) is 4.79 Å². The van der Waals surface area contributed by atoms with E-state index in [1.807, 2.05) is 42.2 Å². The van der Waals surface area contributed by atoms with Crippen LogP contribution in [0.25, 0.3) is 5.69 Å². The minimum Gasteiger partial charge on any atom is -0.368 e. The summed E-state index contributed by atoms with van der Waals surface area (Å²) in [6.45, 7) is 7.03. The number of anilines is 1. The van der Waals surface area contributed by atoms with E-state index in [0.717, 1.165) is 24.5 Å². The van der Waals surface area contributed by atoms with Crippen molar-refractivity contribution in [3.8, 4) is 5.69 Å². The van der Waals surface area contributed by atoms with Crippen molar-refractivity contribution < 1.29 is 4.79 Å². The maximum Gasteiger partial charge on any atom is 0.272 e. The molecule has 2 aromatic carbocycles. The van der Waals surface area contributed by atoms with Crippen LogP contribution in [0.4, 0.5) is 5.69 Å². The average molecular weight is 395 g/mol. The SMILES string of the molecule is Cc1cccc(N2CCN(C(=O)c3cc(C)nn3-c3ccc(Cl)cc3)CC2)c1. The molecule has 5 nitrogen and oxygen atoms in total. The van der Waals surface area contributed by atoms with Crippen LogP contribution < -0.4 is 4.90 Å². The van der Waals surface area contributed by atoms with Crippen LogP contribution in [-0.4, -0.2) is 46.8 Å². The predicted molar refractivity (Wildman–Crippen MR) is 113 cm³/mol. The Hall–Kier alpha value is -2.79. The van der Waals surface area contributed by atoms with Gasteiger partial charge in [0.1, 0.15) is 5.69 Å². The predicted octanol–water partition coefficient (Wildman–Crippen LogP) is 4.10. The number of carbonyl (C=O) groups excluding carboxylic acids is 1. The molecule has 0 spiro atoms. The van der Waals surface area contributed by atoms with Crippen molar-refractivity contribution >= 4 is 23.2 Å². The lowest BCUT2D eigenvalue weighted by atomic mass is 10.2. The molecule has 2 heterocycles. The smallest absolute Gasteiger partial charge is 0.272 e. The second-order valence-corrected chi connectivity index (χ2v) is 7.61. The number of piperazine rings is 1. The molecule has 4 rings (SSSR count). The molecule has 6 heteroatoms. The average Bonchev–Trinajstić information content (AvgIpc) is 3.10. The summed E-state index contributed by atoms with van der Waals surface area (Å²) < 4.78 is 1.71. The molecule has 0 N–H and O–H groups in total. The molecule has 1 aromatic heterocycles. The van der Waals surface area contributed by atoms with Gasteiger partial charge in [-0.05, 0) is 61.9 Å². The summed E-state index contributed by atoms with van der Waals surface area (Å²) in [7, 11) is 0. The number of aromatic nitrogens is 2. The van der Waals surface area contributed by atoms with E-state index in [2.05, 4.69) is 41.2 Å². The molecular formula is C22H23ClN4O. The third kappa shape index (κ3) is 3.76. The van der Waals surface area contributed by atoms with Crippen molar-refractivity contribution in [2.75, 3.05) is 31.1 Å². The first-order valence-electron chi connectivity index (χ1n) is 9.45. The zero-order valence-electron chi connectivity index (χ0n) is 16.1. The van der Waals surface area contributed by atoms with Gasteiger partial charge in [0.05, 0.1) is 11.4 Å². The van der Waals surface area contributed by atoms with Crippen molar-refractivity contribution in [1.82, 2.24) is 14.7 Å². The Balaban J connectivity index is 1.51. The summed E-state index contributed by atoms with van der Waals surface area (Å²) in [5.41, 5.74) is 4.70. The Morgan fingerprint density at radius 1 is 0.929 bits per heavy atom. The molecule has 1 aliphatic rings. The van der Waals surface area contributed by atoms with Gasteiger partial charge in [0.25, 0.3) is 5.91 Å². The van der Waals surface area contributed by atoms with E-state index < -0.39 is 0 Å². The molecule has 0 radical (unpaired) electrons. The summed E-state index contributed by atoms with van der Waals surface area (Å²) in [6, 6.07) is 17.7. The van der Waals surface area contributed by atoms with Crippen molar-refractivity contribution in [3.05, 3.63) is 76.6 Å². The molecule has 0 saturated carbocycles. The van der Waals surface area contributed by atoms with E-state index in [1.165, 1.54) is 11.3 Å². The van der Waals surface area contributed by atoms with Gasteiger partial charge in [-0.2, -0.15) is 5.10 Å². The number of benzene rings is 2. The van der Waals surface area contributed by atoms with Crippen LogP contribution >= 0.6 is 11.6 Å². The summed E-state index contributed by atoms with van der Waals surface area (Å²) in [5.74, 6) is 0.0134. The Kier molecular flexibility index (Phi) is 5.09. The quantitative estimate of drug-likeness (QED) is 0.671. The van der Waals surface area contributed by atoms with Gasteiger partial charge in [0.2, 0.25) is 0 Å². The molecule has 1 amide bonds. The van der Waals surface area contributed by atoms with Crippen LogP contribution in [-0.2, 0) is 0 Å². The fourth-order valence-corrected chi connectivity index (χ4v) is 3.71. The normalized spacial score (nSPS) is 14.4. The van der Waals surface area contributed by atoms with Crippen molar-refractivity contribution in [1.29, 1.82) is 0 Å². The summed E-state index contributed by atoms with van der Waals surface area (Å²) in [4.78, 5) is 17.4. The van der Waals surface area contributed by atoms with Crippen LogP contribution in [0.2, 0.25) is 5.02 Å². The van der Waals surface area contributed by atoms with Gasteiger partial charge < -0.3 is 9.80 Å². The topological polar surface area (TPSA) is 41.4 Å². The fourth-order valence-electron chi connectivity index (χ4n) is 3.59. The molecule has 144 valence electrons. The Morgan fingerprint density at radius 3 is 2.32 bits per heavy atom. The highest BCUT2D eigenvalue weighted by atomic mass is 35.5. The molecule has 1 saturated heterocycles. The first-order chi connectivity index (χ1) is 13.5. The Bertz CT molecular complexity index is 988. The monoisotopic (exact) mass is 394 g/mol. The number of hydrogen-bond donors (Lipinski definition) is 0. The lowest BCUT2D eigenvalue weighted by Gasteiger charge is -2.36. The number of carbonyl (C=O) groups is 1. The number of halogens is 1. The van der Waals surface area contributed by atoms with Crippen molar-refractivity contribution in [2.45, 2.75) is 13.8 Å². The van der Waals surface area contributed by atoms with Gasteiger partial charge in [0.15, 0.2) is 0 Å². The van der Waals surface area contributed by atoms with E-state index in [1.54, 1.807) is 4.68 Å². The van der Waals surface area contributed by atoms with Gasteiger partial charge in [-0.1, -0.05) is 23.7 Å². The lowest BCUT2D eigenvalue weighted by molar-refractivity contribution is 0.0737. The van der Waals surface area contributed by atoms with E-state index in [-0.39, 0.29) is 5.91 Å². The Morgan fingerprint density at radius 2 is 1.64 bits per heavy atom. The number of nitrogens with zero attached hydrogens (tertiary/aromatic N) is 4. The third-order valence-electron chi connectivity index (χ3n) is 5.06. The Labute approximate surface area is 170 Å². The van der Waals surface area contributed by atoms with Crippen molar-refractivity contribution in [2.24, 2.45) is 0 Å². The van der Waals surface area contributed by atoms with Gasteiger partial charge in [0, 0.05) is 36.9 Å². The number of hydrogen-bond acceptors (Lipinski definition) is 3. The van der Waals surface area contributed by atoms with Crippen LogP contribution in [0.5, 0.6) is 0 Å². The zero-order chi connectivity index (χ0) is 19.7. The molecule has 1 fully saturated rings. The zero-order valence-corrected chi connectivity index (χ0v) is 16.9. The molecule has 28 heavy (non-hydrogen) atoms. The molecule has 1 aliphatic heterocycles. The van der Waals surface area contributed by atoms with Crippen LogP contribution in [0.1, 0.15) is 21.7 Å². The molecular weight excluding hydrogens is 372 g/mol. The highest BCUT2D eigenvalue weighted by Crippen LogP contribution is 2.21. The second kappa shape index (κ2) is 7.68. The van der Waals surface area contributed by atoms with Crippen molar-refractivity contribution in [3.63, 3.8) is 0 Å². The lowest BCUT2D eigenvalue weighted by Crippen LogP contribution is -2.49. The number of amides is 1. The van der Waals surface area contributed by atoms with Gasteiger partial charge >= 0.3 is 0 Å². The minimum atomic E-state index is 0.0134. The van der Waals surface area contributed by atoms with E-state index in [9.17, 15) is 4.79 Å². The number of rotatable bonds is 3. The third-order valence-corrected chi connectivity index (χ3v) is 5.31. The fraction of sp³-hybridized carbons (Fsp3) is 0.273. The van der Waals surface area contributed by atoms with E-state index in [0.29, 0.717) is 23.8 Å². The molecule has 0 atom stereocenters. The van der Waals surface area contributed by atoms with Crippen LogP contribution in [0.15, 0.2) is 54.6 Å². The van der Waals surface area contributed by atoms with E-state index >= 15 is 0 Å². The minimum absolute atomic E-state index is 0.0134. The summed E-state index contributed by atoms with van der Waals surface area (Å²) in [5, 5.41) is 5.17. The molecule has 0 unspecified atom stereocenters. The summed E-state index contributed by atoms with van der Waals surface area (Å²) in [6.07, 6.45) is 0. The van der Waals surface area contributed by atoms with Crippen LogP contribution in [0.3, 0.4) is 0 Å². The number of aryl methyl sites for hydroxylation is 2. The molecule has 0 aliphatic carbocycles. The van der Waals surface area contributed by atoms with Crippen LogP contribution in [0, 0.1) is 13.8 Å². The second-order valence-electron chi connectivity index (χ2n) is 7.18. The van der Waals surface area contributed by atoms with Gasteiger partial charge in [-0.15, -0.1) is 0 Å².